The second kappa shape index (κ2) is 8.43. The van der Waals surface area contributed by atoms with Crippen molar-refractivity contribution in [3.63, 3.8) is 0 Å². The Balaban J connectivity index is 1.49. The van der Waals surface area contributed by atoms with E-state index < -0.39 is 0 Å². The number of hydrogen-bond acceptors (Lipinski definition) is 4. The normalized spacial score (nSPS) is 16.5. The van der Waals surface area contributed by atoms with Crippen LogP contribution in [0.15, 0.2) is 60.8 Å². The first-order valence-corrected chi connectivity index (χ1v) is 10.1. The van der Waals surface area contributed by atoms with Crippen molar-refractivity contribution in [1.82, 2.24) is 14.9 Å². The second-order valence-electron chi connectivity index (χ2n) is 7.60. The molecule has 1 aromatic heterocycles. The zero-order chi connectivity index (χ0) is 20.2. The number of hydrogen-bond donors (Lipinski definition) is 1. The summed E-state index contributed by atoms with van der Waals surface area (Å²) in [6.45, 7) is 3.71. The van der Waals surface area contributed by atoms with Gasteiger partial charge in [-0.1, -0.05) is 42.0 Å². The van der Waals surface area contributed by atoms with Crippen LogP contribution in [0.1, 0.15) is 40.2 Å². The van der Waals surface area contributed by atoms with Crippen molar-refractivity contribution < 1.29 is 4.79 Å². The monoisotopic (exact) mass is 386 g/mol. The maximum absolute atomic E-state index is 13.1. The molecule has 5 heteroatoms. The van der Waals surface area contributed by atoms with E-state index in [1.807, 2.05) is 42.3 Å². The lowest BCUT2D eigenvalue weighted by Gasteiger charge is -2.33. The minimum atomic E-state index is 0.0961. The Kier molecular flexibility index (Phi) is 5.56. The largest absolute Gasteiger partial charge is 0.373 e. The van der Waals surface area contributed by atoms with Gasteiger partial charge in [-0.05, 0) is 43.5 Å². The Morgan fingerprint density at radius 2 is 1.97 bits per heavy atom. The summed E-state index contributed by atoms with van der Waals surface area (Å²) >= 11 is 0. The zero-order valence-corrected chi connectivity index (χ0v) is 16.9. The SMILES string of the molecule is CNc1ccnc(-c2ccc(C(=O)N3CCCC(c4cccc(C)c4)C3)cc2)n1. The summed E-state index contributed by atoms with van der Waals surface area (Å²) in [6.07, 6.45) is 3.89. The van der Waals surface area contributed by atoms with Crippen molar-refractivity contribution in [2.45, 2.75) is 25.7 Å². The first-order chi connectivity index (χ1) is 14.1. The molecule has 2 heterocycles. The molecule has 1 fully saturated rings. The molecular weight excluding hydrogens is 360 g/mol. The number of carbonyl (C=O) groups excluding carboxylic acids is 1. The molecule has 1 amide bonds. The van der Waals surface area contributed by atoms with E-state index in [0.29, 0.717) is 17.3 Å². The lowest BCUT2D eigenvalue weighted by Crippen LogP contribution is -2.39. The molecule has 2 aromatic carbocycles. The van der Waals surface area contributed by atoms with Gasteiger partial charge < -0.3 is 10.2 Å². The number of anilines is 1. The van der Waals surface area contributed by atoms with Gasteiger partial charge in [-0.3, -0.25) is 4.79 Å². The zero-order valence-electron chi connectivity index (χ0n) is 16.9. The van der Waals surface area contributed by atoms with Crippen LogP contribution in [-0.4, -0.2) is 40.9 Å². The van der Waals surface area contributed by atoms with Crippen molar-refractivity contribution in [2.24, 2.45) is 0 Å². The average Bonchev–Trinajstić information content (AvgIpc) is 2.79. The van der Waals surface area contributed by atoms with Crippen LogP contribution in [-0.2, 0) is 0 Å². The predicted octanol–water partition coefficient (Wildman–Crippen LogP) is 4.51. The summed E-state index contributed by atoms with van der Waals surface area (Å²) in [7, 11) is 1.83. The van der Waals surface area contributed by atoms with E-state index in [-0.39, 0.29) is 5.91 Å². The average molecular weight is 386 g/mol. The highest BCUT2D eigenvalue weighted by Gasteiger charge is 2.25. The van der Waals surface area contributed by atoms with Gasteiger partial charge in [-0.15, -0.1) is 0 Å². The summed E-state index contributed by atoms with van der Waals surface area (Å²) in [5.41, 5.74) is 4.21. The molecule has 1 aliphatic rings. The topological polar surface area (TPSA) is 58.1 Å². The molecule has 1 aliphatic heterocycles. The molecule has 29 heavy (non-hydrogen) atoms. The number of benzene rings is 2. The molecule has 4 rings (SSSR count). The van der Waals surface area contributed by atoms with E-state index >= 15 is 0 Å². The Morgan fingerprint density at radius 3 is 2.72 bits per heavy atom. The first-order valence-electron chi connectivity index (χ1n) is 10.1. The summed E-state index contributed by atoms with van der Waals surface area (Å²) in [5, 5.41) is 3.02. The van der Waals surface area contributed by atoms with Gasteiger partial charge in [0.2, 0.25) is 0 Å². The predicted molar refractivity (Wildman–Crippen MR) is 116 cm³/mol. The Morgan fingerprint density at radius 1 is 1.14 bits per heavy atom. The quantitative estimate of drug-likeness (QED) is 0.717. The molecule has 3 aromatic rings. The summed E-state index contributed by atoms with van der Waals surface area (Å²) in [4.78, 5) is 23.9. The van der Waals surface area contributed by atoms with Crippen molar-refractivity contribution >= 4 is 11.7 Å². The highest BCUT2D eigenvalue weighted by atomic mass is 16.2. The van der Waals surface area contributed by atoms with E-state index in [0.717, 1.165) is 37.3 Å². The third-order valence-electron chi connectivity index (χ3n) is 5.52. The molecule has 1 saturated heterocycles. The van der Waals surface area contributed by atoms with Crippen LogP contribution in [0, 0.1) is 6.92 Å². The molecule has 0 radical (unpaired) electrons. The van der Waals surface area contributed by atoms with Crippen LogP contribution in [0.3, 0.4) is 0 Å². The molecule has 5 nitrogen and oxygen atoms in total. The van der Waals surface area contributed by atoms with Crippen LogP contribution >= 0.6 is 0 Å². The number of nitrogens with one attached hydrogen (secondary N) is 1. The third-order valence-corrected chi connectivity index (χ3v) is 5.52. The molecule has 1 unspecified atom stereocenters. The lowest BCUT2D eigenvalue weighted by molar-refractivity contribution is 0.0707. The molecule has 0 saturated carbocycles. The van der Waals surface area contributed by atoms with Gasteiger partial charge in [0, 0.05) is 43.4 Å². The van der Waals surface area contributed by atoms with E-state index in [2.05, 4.69) is 46.5 Å². The number of aryl methyl sites for hydroxylation is 1. The van der Waals surface area contributed by atoms with E-state index in [1.54, 1.807) is 6.20 Å². The maximum Gasteiger partial charge on any atom is 0.253 e. The van der Waals surface area contributed by atoms with E-state index in [1.165, 1.54) is 11.1 Å². The van der Waals surface area contributed by atoms with Gasteiger partial charge in [0.1, 0.15) is 5.82 Å². The van der Waals surface area contributed by atoms with Gasteiger partial charge >= 0.3 is 0 Å². The highest BCUT2D eigenvalue weighted by molar-refractivity contribution is 5.94. The van der Waals surface area contributed by atoms with E-state index in [4.69, 9.17) is 0 Å². The highest BCUT2D eigenvalue weighted by Crippen LogP contribution is 2.28. The smallest absolute Gasteiger partial charge is 0.253 e. The van der Waals surface area contributed by atoms with Gasteiger partial charge in [0.15, 0.2) is 5.82 Å². The number of likely N-dealkylation sites (tertiary alicyclic amines) is 1. The number of carbonyl (C=O) groups is 1. The Labute approximate surface area is 171 Å². The van der Waals surface area contributed by atoms with Crippen molar-refractivity contribution in [3.05, 3.63) is 77.5 Å². The number of rotatable bonds is 4. The van der Waals surface area contributed by atoms with Gasteiger partial charge in [-0.2, -0.15) is 0 Å². The molecule has 0 spiro atoms. The standard InChI is InChI=1S/C24H26N4O/c1-17-5-3-6-20(15-17)21-7-4-14-28(16-21)24(29)19-10-8-18(9-11-19)23-26-13-12-22(25-2)27-23/h3,5-6,8-13,15,21H,4,7,14,16H2,1-2H3,(H,25,26,27). The molecule has 148 valence electrons. The minimum Gasteiger partial charge on any atom is -0.373 e. The van der Waals surface area contributed by atoms with E-state index in [9.17, 15) is 4.79 Å². The van der Waals surface area contributed by atoms with Crippen LogP contribution in [0.25, 0.3) is 11.4 Å². The number of amides is 1. The Bertz CT molecular complexity index is 1000. The van der Waals surface area contributed by atoms with Gasteiger partial charge in [-0.25, -0.2) is 9.97 Å². The minimum absolute atomic E-state index is 0.0961. The molecule has 1 atom stereocenters. The van der Waals surface area contributed by atoms with Crippen LogP contribution in [0.4, 0.5) is 5.82 Å². The molecular formula is C24H26N4O. The van der Waals surface area contributed by atoms with Crippen LogP contribution in [0.2, 0.25) is 0 Å². The number of aromatic nitrogens is 2. The van der Waals surface area contributed by atoms with Crippen molar-refractivity contribution in [1.29, 1.82) is 0 Å². The molecule has 1 N–H and O–H groups in total. The fourth-order valence-corrected chi connectivity index (χ4v) is 3.94. The van der Waals surface area contributed by atoms with Crippen molar-refractivity contribution in [2.75, 3.05) is 25.5 Å². The van der Waals surface area contributed by atoms with Crippen molar-refractivity contribution in [3.8, 4) is 11.4 Å². The Hall–Kier alpha value is -3.21. The number of piperidine rings is 1. The fraction of sp³-hybridized carbons (Fsp3) is 0.292. The summed E-state index contributed by atoms with van der Waals surface area (Å²) in [5.74, 6) is 1.92. The van der Waals surface area contributed by atoms with Gasteiger partial charge in [0.25, 0.3) is 5.91 Å². The summed E-state index contributed by atoms with van der Waals surface area (Å²) in [6, 6.07) is 18.1. The molecule has 0 aliphatic carbocycles. The van der Waals surface area contributed by atoms with Crippen LogP contribution < -0.4 is 5.32 Å². The number of nitrogens with zero attached hydrogens (tertiary/aromatic N) is 3. The van der Waals surface area contributed by atoms with Gasteiger partial charge in [0.05, 0.1) is 0 Å². The lowest BCUT2D eigenvalue weighted by atomic mass is 9.89. The first kappa shape index (κ1) is 19.1. The fourth-order valence-electron chi connectivity index (χ4n) is 3.94. The summed E-state index contributed by atoms with van der Waals surface area (Å²) < 4.78 is 0. The molecule has 0 bridgehead atoms. The maximum atomic E-state index is 13.1. The second-order valence-corrected chi connectivity index (χ2v) is 7.60. The van der Waals surface area contributed by atoms with Crippen LogP contribution in [0.5, 0.6) is 0 Å². The third kappa shape index (κ3) is 4.29.